The van der Waals surface area contributed by atoms with E-state index >= 15 is 0 Å². The molecule has 4 heterocycles. The molecule has 2 aliphatic heterocycles. The van der Waals surface area contributed by atoms with Crippen LogP contribution in [0.3, 0.4) is 0 Å². The Kier molecular flexibility index (Phi) is 19.1. The molecule has 0 fully saturated rings. The number of anilines is 6. The lowest BCUT2D eigenvalue weighted by Gasteiger charge is -2.31. The Labute approximate surface area is 443 Å². The van der Waals surface area contributed by atoms with Gasteiger partial charge >= 0.3 is 12.1 Å². The average molecular weight is 1070 g/mol. The first-order valence-corrected chi connectivity index (χ1v) is 25.6. The molecule has 6 aromatic rings. The maximum Gasteiger partial charge on any atom is 0.328 e. The molecule has 2 aromatic heterocycles. The summed E-state index contributed by atoms with van der Waals surface area (Å²) in [4.78, 5) is 71.6. The van der Waals surface area contributed by atoms with E-state index in [-0.39, 0.29) is 48.4 Å². The standard InChI is InChI=1S/C28H33F2N7O2.C26H27ClF2N6O2/c1-4-12-32-26(38)18-11-10-17(3)19(15-18)23-20-16-34-28(39)37(24-21(29)8-6-9-22(24)30)25(20)36-27(35-23)33-14-7-13-31-5-2;1-3-11-30-24(36)16-9-8-15(2)17(13-16)21-18-14-32-26(37)35(22-19(28)6-4-7-20(22)29)23(18)34-25(33-21)31-12-5-10-27/h6,8-11,15,31H,4-5,7,12-14,16H2,1-3H3,(H,32,38)(H,34,39)(H,33,35,36);4,6-9,13H,3,5,10-12,14H2,1-2H3,(H,30,36)(H,32,37)(H,31,33,34). The van der Waals surface area contributed by atoms with Crippen molar-refractivity contribution in [2.45, 2.75) is 73.4 Å². The van der Waals surface area contributed by atoms with Crippen molar-refractivity contribution in [3.8, 4) is 22.5 Å². The number of nitrogens with one attached hydrogen (secondary N) is 7. The molecule has 0 spiro atoms. The smallest absolute Gasteiger partial charge is 0.328 e. The number of aryl methyl sites for hydroxylation is 2. The van der Waals surface area contributed by atoms with E-state index in [0.717, 1.165) is 77.5 Å². The highest BCUT2D eigenvalue weighted by atomic mass is 35.5. The van der Waals surface area contributed by atoms with Gasteiger partial charge in [0, 0.05) is 65.4 Å². The van der Waals surface area contributed by atoms with E-state index in [9.17, 15) is 36.7 Å². The third-order valence-electron chi connectivity index (χ3n) is 12.2. The van der Waals surface area contributed by atoms with Crippen LogP contribution in [0.1, 0.15) is 89.4 Å². The maximum absolute atomic E-state index is 14.9. The number of aromatic nitrogens is 4. The quantitative estimate of drug-likeness (QED) is 0.0217. The Bertz CT molecular complexity index is 3070. The number of carbonyl (C=O) groups excluding carboxylic acids is 4. The summed E-state index contributed by atoms with van der Waals surface area (Å²) in [6, 6.07) is 15.9. The normalized spacial score (nSPS) is 12.7. The summed E-state index contributed by atoms with van der Waals surface area (Å²) in [6.07, 6.45) is 3.00. The Morgan fingerprint density at radius 2 is 1.01 bits per heavy atom. The minimum absolute atomic E-state index is 0.0315. The monoisotopic (exact) mass is 1070 g/mol. The van der Waals surface area contributed by atoms with Crippen LogP contribution in [0.4, 0.5) is 62.1 Å². The van der Waals surface area contributed by atoms with Gasteiger partial charge < -0.3 is 37.2 Å². The maximum atomic E-state index is 14.9. The molecule has 7 N–H and O–H groups in total. The van der Waals surface area contributed by atoms with Crippen molar-refractivity contribution in [1.29, 1.82) is 0 Å². The van der Waals surface area contributed by atoms with Gasteiger partial charge in [0.2, 0.25) is 11.9 Å². The molecular formula is C54H60ClF4N13O4. The summed E-state index contributed by atoms with van der Waals surface area (Å²) in [5, 5.41) is 20.6. The van der Waals surface area contributed by atoms with Crippen LogP contribution in [0.2, 0.25) is 0 Å². The highest BCUT2D eigenvalue weighted by Crippen LogP contribution is 2.41. The fourth-order valence-electron chi connectivity index (χ4n) is 8.32. The molecule has 22 heteroatoms. The lowest BCUT2D eigenvalue weighted by Crippen LogP contribution is -2.43. The highest BCUT2D eigenvalue weighted by molar-refractivity contribution is 6.17. The van der Waals surface area contributed by atoms with Gasteiger partial charge in [-0.1, -0.05) is 45.0 Å². The van der Waals surface area contributed by atoms with Gasteiger partial charge in [-0.05, 0) is 112 Å². The third kappa shape index (κ3) is 12.8. The van der Waals surface area contributed by atoms with Crippen LogP contribution in [-0.4, -0.2) is 89.0 Å². The van der Waals surface area contributed by atoms with Gasteiger partial charge in [0.15, 0.2) is 11.6 Å². The molecule has 4 aromatic carbocycles. The molecular weight excluding hydrogens is 1010 g/mol. The van der Waals surface area contributed by atoms with Crippen LogP contribution in [0.15, 0.2) is 72.8 Å². The van der Waals surface area contributed by atoms with E-state index in [1.54, 1.807) is 30.3 Å². The van der Waals surface area contributed by atoms with Gasteiger partial charge in [-0.15, -0.1) is 11.6 Å². The number of rotatable bonds is 20. The lowest BCUT2D eigenvalue weighted by atomic mass is 9.97. The highest BCUT2D eigenvalue weighted by Gasteiger charge is 2.36. The van der Waals surface area contributed by atoms with Gasteiger partial charge in [-0.25, -0.2) is 46.9 Å². The third-order valence-corrected chi connectivity index (χ3v) is 12.5. The largest absolute Gasteiger partial charge is 0.354 e. The number of para-hydroxylation sites is 2. The number of carbonyl (C=O) groups is 4. The number of hydrogen-bond acceptors (Lipinski definition) is 11. The van der Waals surface area contributed by atoms with Gasteiger partial charge in [0.05, 0.1) is 24.5 Å². The Morgan fingerprint density at radius 3 is 1.41 bits per heavy atom. The van der Waals surface area contributed by atoms with Crippen molar-refractivity contribution in [3.63, 3.8) is 0 Å². The second-order valence-corrected chi connectivity index (χ2v) is 18.1. The zero-order valence-corrected chi connectivity index (χ0v) is 43.6. The summed E-state index contributed by atoms with van der Waals surface area (Å²) >= 11 is 5.81. The number of amides is 6. The number of benzene rings is 4. The minimum Gasteiger partial charge on any atom is -0.354 e. The van der Waals surface area contributed by atoms with Crippen molar-refractivity contribution in [1.82, 2.24) is 46.5 Å². The fraction of sp³-hybridized carbons (Fsp3) is 0.333. The molecule has 0 saturated heterocycles. The second kappa shape index (κ2) is 26.0. The summed E-state index contributed by atoms with van der Waals surface area (Å²) < 4.78 is 59.4. The SMILES string of the molecule is CCCNC(=O)c1ccc(C)c(-c2nc(NCCCCl)nc3c2CNC(=O)N3c2c(F)cccc2F)c1.CCCNC(=O)c1ccc(C)c(-c2nc(NCCCNCC)nc3c2CNC(=O)N3c2c(F)cccc2F)c1. The fourth-order valence-corrected chi connectivity index (χ4v) is 8.45. The molecule has 0 bridgehead atoms. The number of nitrogens with zero attached hydrogens (tertiary/aromatic N) is 6. The molecule has 400 valence electrons. The van der Waals surface area contributed by atoms with E-state index in [0.29, 0.717) is 83.2 Å². The number of alkyl halides is 1. The zero-order chi connectivity index (χ0) is 54.5. The predicted octanol–water partition coefficient (Wildman–Crippen LogP) is 9.91. The van der Waals surface area contributed by atoms with Crippen LogP contribution in [0.5, 0.6) is 0 Å². The Hall–Kier alpha value is -7.91. The van der Waals surface area contributed by atoms with Gasteiger partial charge in [-0.3, -0.25) is 9.59 Å². The summed E-state index contributed by atoms with van der Waals surface area (Å²) in [6.45, 7) is 13.5. The van der Waals surface area contributed by atoms with Crippen molar-refractivity contribution < 1.29 is 36.7 Å². The number of urea groups is 2. The summed E-state index contributed by atoms with van der Waals surface area (Å²) in [5.74, 6) is -3.17. The predicted molar refractivity (Wildman–Crippen MR) is 287 cm³/mol. The molecule has 2 aliphatic rings. The Morgan fingerprint density at radius 1 is 0.592 bits per heavy atom. The molecule has 0 unspecified atom stereocenters. The molecule has 0 aliphatic carbocycles. The van der Waals surface area contributed by atoms with Gasteiger partial charge in [0.25, 0.3) is 11.8 Å². The van der Waals surface area contributed by atoms with Crippen molar-refractivity contribution in [2.24, 2.45) is 0 Å². The van der Waals surface area contributed by atoms with E-state index in [1.807, 2.05) is 40.7 Å². The second-order valence-electron chi connectivity index (χ2n) is 17.7. The lowest BCUT2D eigenvalue weighted by molar-refractivity contribution is 0.0945. The average Bonchev–Trinajstić information content (AvgIpc) is 3.40. The van der Waals surface area contributed by atoms with Crippen molar-refractivity contribution in [3.05, 3.63) is 129 Å². The van der Waals surface area contributed by atoms with Crippen molar-refractivity contribution in [2.75, 3.05) is 65.6 Å². The number of hydrogen-bond donors (Lipinski definition) is 7. The number of fused-ring (bicyclic) bond motifs is 2. The zero-order valence-electron chi connectivity index (χ0n) is 42.8. The molecule has 0 atom stereocenters. The van der Waals surface area contributed by atoms with Crippen LogP contribution in [-0.2, 0) is 13.1 Å². The van der Waals surface area contributed by atoms with E-state index in [1.165, 1.54) is 12.1 Å². The Balaban J connectivity index is 0.000000221. The number of halogens is 5. The van der Waals surface area contributed by atoms with Crippen LogP contribution < -0.4 is 47.0 Å². The van der Waals surface area contributed by atoms with Gasteiger partial charge in [0.1, 0.15) is 34.6 Å². The molecule has 0 saturated carbocycles. The molecule has 6 amide bonds. The topological polar surface area (TPSA) is 211 Å². The van der Waals surface area contributed by atoms with E-state index in [4.69, 9.17) is 16.6 Å². The van der Waals surface area contributed by atoms with Gasteiger partial charge in [-0.2, -0.15) is 9.97 Å². The molecule has 17 nitrogen and oxygen atoms in total. The first-order valence-electron chi connectivity index (χ1n) is 25.1. The van der Waals surface area contributed by atoms with Crippen molar-refractivity contribution >= 4 is 70.4 Å². The molecule has 76 heavy (non-hydrogen) atoms. The minimum atomic E-state index is -0.911. The first kappa shape index (κ1) is 55.8. The van der Waals surface area contributed by atoms with Crippen LogP contribution >= 0.6 is 11.6 Å². The van der Waals surface area contributed by atoms with Crippen LogP contribution in [0, 0.1) is 37.1 Å². The van der Waals surface area contributed by atoms with E-state index in [2.05, 4.69) is 52.2 Å². The first-order chi connectivity index (χ1) is 36.7. The molecule has 0 radical (unpaired) electrons. The molecule has 8 rings (SSSR count). The summed E-state index contributed by atoms with van der Waals surface area (Å²) in [7, 11) is 0. The summed E-state index contributed by atoms with van der Waals surface area (Å²) in [5.41, 5.74) is 4.59. The van der Waals surface area contributed by atoms with Crippen LogP contribution in [0.25, 0.3) is 22.5 Å². The van der Waals surface area contributed by atoms with E-state index < -0.39 is 46.7 Å².